The van der Waals surface area contributed by atoms with Crippen molar-refractivity contribution in [3.63, 3.8) is 0 Å². The Labute approximate surface area is 190 Å². The van der Waals surface area contributed by atoms with Crippen LogP contribution in [0.2, 0.25) is 10.0 Å². The van der Waals surface area contributed by atoms with Crippen molar-refractivity contribution < 1.29 is 23.8 Å². The van der Waals surface area contributed by atoms with Crippen molar-refractivity contribution in [3.05, 3.63) is 81.5 Å². The number of ether oxygens (including phenoxy) is 3. The highest BCUT2D eigenvalue weighted by Crippen LogP contribution is 2.61. The lowest BCUT2D eigenvalue weighted by Crippen LogP contribution is -2.43. The number of hydrogen-bond acceptors (Lipinski definition) is 5. The third-order valence-corrected chi connectivity index (χ3v) is 6.62. The minimum Gasteiger partial charge on any atom is -0.468 e. The van der Waals surface area contributed by atoms with E-state index in [0.29, 0.717) is 16.5 Å². The third-order valence-electron chi connectivity index (χ3n) is 6.06. The van der Waals surface area contributed by atoms with Gasteiger partial charge in [-0.1, -0.05) is 59.6 Å². The van der Waals surface area contributed by atoms with Gasteiger partial charge in [-0.15, -0.1) is 0 Å². The number of esters is 2. The first-order valence-corrected chi connectivity index (χ1v) is 10.8. The second-order valence-electron chi connectivity index (χ2n) is 7.67. The van der Waals surface area contributed by atoms with E-state index < -0.39 is 23.5 Å². The average Bonchev–Trinajstić information content (AvgIpc) is 3.28. The highest BCUT2D eigenvalue weighted by Gasteiger charge is 2.64. The van der Waals surface area contributed by atoms with E-state index in [1.807, 2.05) is 36.4 Å². The minimum atomic E-state index is -1.34. The number of carbonyl (C=O) groups is 2. The Kier molecular flexibility index (Phi) is 6.00. The lowest BCUT2D eigenvalue weighted by molar-refractivity contribution is -0.167. The minimum absolute atomic E-state index is 0.0406. The van der Waals surface area contributed by atoms with E-state index in [9.17, 15) is 9.59 Å². The normalized spacial score (nSPS) is 26.6. The Balaban J connectivity index is 1.87. The second-order valence-corrected chi connectivity index (χ2v) is 8.52. The van der Waals surface area contributed by atoms with Crippen molar-refractivity contribution in [1.82, 2.24) is 0 Å². The number of hydrogen-bond donors (Lipinski definition) is 0. The number of fused-ring (bicyclic) bond motifs is 1. The molecular weight excluding hydrogens is 439 g/mol. The Morgan fingerprint density at radius 3 is 2.55 bits per heavy atom. The first-order chi connectivity index (χ1) is 14.9. The fraction of sp³-hybridized carbons (Fsp3) is 0.333. The summed E-state index contributed by atoms with van der Waals surface area (Å²) in [6.07, 6.45) is 2.00. The van der Waals surface area contributed by atoms with Gasteiger partial charge in [-0.2, -0.15) is 0 Å². The molecule has 4 rings (SSSR count). The highest BCUT2D eigenvalue weighted by molar-refractivity contribution is 6.35. The molecule has 1 fully saturated rings. The highest BCUT2D eigenvalue weighted by atomic mass is 35.5. The molecule has 1 unspecified atom stereocenters. The molecule has 2 aromatic rings. The molecule has 0 N–H and O–H groups in total. The maximum absolute atomic E-state index is 13.0. The van der Waals surface area contributed by atoms with Gasteiger partial charge in [-0.3, -0.25) is 0 Å². The topological polar surface area (TPSA) is 61.8 Å². The van der Waals surface area contributed by atoms with Crippen molar-refractivity contribution in [2.24, 2.45) is 5.92 Å². The summed E-state index contributed by atoms with van der Waals surface area (Å²) in [7, 11) is 1.32. The number of benzene rings is 2. The lowest BCUT2D eigenvalue weighted by atomic mass is 9.78. The lowest BCUT2D eigenvalue weighted by Gasteiger charge is -2.27. The Morgan fingerprint density at radius 1 is 1.16 bits per heavy atom. The molecule has 0 bridgehead atoms. The van der Waals surface area contributed by atoms with Crippen LogP contribution in [0.15, 0.2) is 60.4 Å². The van der Waals surface area contributed by atoms with E-state index in [0.717, 1.165) is 11.1 Å². The zero-order valence-corrected chi connectivity index (χ0v) is 18.7. The van der Waals surface area contributed by atoms with Gasteiger partial charge in [0.05, 0.1) is 13.7 Å². The van der Waals surface area contributed by atoms with Crippen molar-refractivity contribution in [1.29, 1.82) is 0 Å². The molecule has 1 aliphatic heterocycles. The summed E-state index contributed by atoms with van der Waals surface area (Å²) in [4.78, 5) is 25.5. The van der Waals surface area contributed by atoms with Gasteiger partial charge in [0.25, 0.3) is 0 Å². The Hall–Kier alpha value is -2.50. The Bertz CT molecular complexity index is 1040. The van der Waals surface area contributed by atoms with Gasteiger partial charge in [0.1, 0.15) is 0 Å². The summed E-state index contributed by atoms with van der Waals surface area (Å²) in [5.41, 5.74) is 0.539. The molecule has 0 aromatic heterocycles. The van der Waals surface area contributed by atoms with Gasteiger partial charge in [0.15, 0.2) is 0 Å². The van der Waals surface area contributed by atoms with Gasteiger partial charge in [-0.05, 0) is 42.2 Å². The molecule has 4 atom stereocenters. The van der Waals surface area contributed by atoms with Crippen LogP contribution in [0, 0.1) is 5.92 Å². The Morgan fingerprint density at radius 2 is 1.90 bits per heavy atom. The molecular formula is C24H22Cl2O5. The number of rotatable bonds is 5. The van der Waals surface area contributed by atoms with Crippen LogP contribution in [0.5, 0.6) is 0 Å². The molecule has 2 aliphatic rings. The zero-order chi connectivity index (χ0) is 22.2. The summed E-state index contributed by atoms with van der Waals surface area (Å²) in [5, 5.41) is 1.06. The average molecular weight is 461 g/mol. The van der Waals surface area contributed by atoms with Crippen LogP contribution in [0.3, 0.4) is 0 Å². The molecule has 7 heteroatoms. The molecule has 5 nitrogen and oxygen atoms in total. The maximum atomic E-state index is 13.0. The monoisotopic (exact) mass is 460 g/mol. The smallest absolute Gasteiger partial charge is 0.373 e. The molecule has 0 saturated heterocycles. The van der Waals surface area contributed by atoms with Crippen LogP contribution in [-0.4, -0.2) is 31.3 Å². The van der Waals surface area contributed by atoms with Gasteiger partial charge < -0.3 is 14.2 Å². The molecule has 0 amide bonds. The second kappa shape index (κ2) is 8.56. The third kappa shape index (κ3) is 3.70. The number of methoxy groups -OCH3 is 1. The van der Waals surface area contributed by atoms with Crippen molar-refractivity contribution in [2.45, 2.75) is 30.8 Å². The summed E-state index contributed by atoms with van der Waals surface area (Å²) < 4.78 is 16.3. The quantitative estimate of drug-likeness (QED) is 0.568. The van der Waals surface area contributed by atoms with E-state index in [4.69, 9.17) is 37.4 Å². The molecule has 0 radical (unpaired) electrons. The largest absolute Gasteiger partial charge is 0.468 e. The zero-order valence-electron chi connectivity index (χ0n) is 17.1. The van der Waals surface area contributed by atoms with Gasteiger partial charge in [0.2, 0.25) is 11.4 Å². The molecule has 1 saturated carbocycles. The van der Waals surface area contributed by atoms with Crippen LogP contribution in [0.25, 0.3) is 0 Å². The fourth-order valence-corrected chi connectivity index (χ4v) is 5.39. The molecule has 31 heavy (non-hydrogen) atoms. The number of carbonyl (C=O) groups excluding carboxylic acids is 2. The van der Waals surface area contributed by atoms with E-state index in [1.165, 1.54) is 7.11 Å². The summed E-state index contributed by atoms with van der Waals surface area (Å²) in [6, 6.07) is 15.2. The summed E-state index contributed by atoms with van der Waals surface area (Å²) in [5.74, 6) is -1.84. The first-order valence-electron chi connectivity index (χ1n) is 10.1. The van der Waals surface area contributed by atoms with E-state index in [-0.39, 0.29) is 24.2 Å². The predicted octanol–water partition coefficient (Wildman–Crippen LogP) is 5.27. The molecule has 1 aliphatic carbocycles. The standard InChI is InChI=1S/C24H22Cl2O5/c1-3-30-22(27)20-12-18-21(14-7-5-4-6-8-14)17(13-24(18,31-20)23(28)29-2)16-10-9-15(25)11-19(16)26/h4-12,17-18,21H,3,13H2,1-2H3/t17-,18?,21-,24-/m1/s1. The van der Waals surface area contributed by atoms with Crippen LogP contribution in [0.4, 0.5) is 0 Å². The summed E-state index contributed by atoms with van der Waals surface area (Å²) in [6.45, 7) is 1.93. The van der Waals surface area contributed by atoms with E-state index in [2.05, 4.69) is 0 Å². The first kappa shape index (κ1) is 21.7. The van der Waals surface area contributed by atoms with Crippen molar-refractivity contribution in [3.8, 4) is 0 Å². The van der Waals surface area contributed by atoms with Crippen LogP contribution >= 0.6 is 23.2 Å². The van der Waals surface area contributed by atoms with E-state index >= 15 is 0 Å². The molecule has 162 valence electrons. The van der Waals surface area contributed by atoms with Gasteiger partial charge in [0, 0.05) is 28.3 Å². The molecule has 2 aromatic carbocycles. The molecule has 1 heterocycles. The van der Waals surface area contributed by atoms with Gasteiger partial charge in [-0.25, -0.2) is 9.59 Å². The van der Waals surface area contributed by atoms with Gasteiger partial charge >= 0.3 is 11.9 Å². The number of halogens is 2. The van der Waals surface area contributed by atoms with Crippen molar-refractivity contribution >= 4 is 35.1 Å². The van der Waals surface area contributed by atoms with Crippen molar-refractivity contribution in [2.75, 3.05) is 13.7 Å². The predicted molar refractivity (Wildman–Crippen MR) is 117 cm³/mol. The summed E-state index contributed by atoms with van der Waals surface area (Å²) >= 11 is 12.7. The SMILES string of the molecule is CCOC(=O)C1=CC2[C@H](c3ccccc3)[C@@H](c3ccc(Cl)cc3Cl)C[C@@]2(C(=O)OC)O1. The van der Waals surface area contributed by atoms with Crippen LogP contribution in [0.1, 0.15) is 36.3 Å². The van der Waals surface area contributed by atoms with E-state index in [1.54, 1.807) is 25.1 Å². The maximum Gasteiger partial charge on any atom is 0.373 e. The van der Waals surface area contributed by atoms with Crippen LogP contribution < -0.4 is 0 Å². The fourth-order valence-electron chi connectivity index (χ4n) is 4.84. The molecule has 0 spiro atoms. The van der Waals surface area contributed by atoms with Crippen LogP contribution in [-0.2, 0) is 23.8 Å².